The van der Waals surface area contributed by atoms with Crippen molar-refractivity contribution >= 4 is 11.6 Å². The fourth-order valence-electron chi connectivity index (χ4n) is 2.45. The molecule has 0 spiro atoms. The Bertz CT molecular complexity index is 390. The van der Waals surface area contributed by atoms with Crippen LogP contribution in [0.25, 0.3) is 0 Å². The molecular formula is C17H29ClN2. The van der Waals surface area contributed by atoms with Crippen LogP contribution in [0.15, 0.2) is 24.3 Å². The number of hydrogen-bond acceptors (Lipinski definition) is 2. The Morgan fingerprint density at radius 1 is 1.25 bits per heavy atom. The van der Waals surface area contributed by atoms with Gasteiger partial charge in [0.2, 0.25) is 0 Å². The summed E-state index contributed by atoms with van der Waals surface area (Å²) in [6, 6.07) is 8.59. The summed E-state index contributed by atoms with van der Waals surface area (Å²) < 4.78 is 0. The van der Waals surface area contributed by atoms with Crippen molar-refractivity contribution in [2.75, 3.05) is 26.7 Å². The van der Waals surface area contributed by atoms with Crippen LogP contribution in [-0.4, -0.2) is 31.6 Å². The molecule has 20 heavy (non-hydrogen) atoms. The van der Waals surface area contributed by atoms with Gasteiger partial charge in [-0.3, -0.25) is 4.90 Å². The molecule has 1 N–H and O–H groups in total. The van der Waals surface area contributed by atoms with Gasteiger partial charge in [-0.15, -0.1) is 0 Å². The van der Waals surface area contributed by atoms with Gasteiger partial charge in [-0.1, -0.05) is 44.5 Å². The summed E-state index contributed by atoms with van der Waals surface area (Å²) >= 11 is 5.96. The van der Waals surface area contributed by atoms with E-state index in [9.17, 15) is 0 Å². The normalized spacial score (nSPS) is 16.1. The lowest BCUT2D eigenvalue weighted by atomic mass is 9.86. The van der Waals surface area contributed by atoms with E-state index in [1.54, 1.807) is 0 Å². The predicted molar refractivity (Wildman–Crippen MR) is 89.4 cm³/mol. The standard InChI is InChI=1S/C17H29ClN2/c1-6-17(4,12-19-7-2)13-20(5)14(3)15-8-10-16(18)11-9-15/h8-11,14,19H,6-7,12-13H2,1-5H3. The second kappa shape index (κ2) is 8.02. The molecule has 114 valence electrons. The maximum absolute atomic E-state index is 5.96. The summed E-state index contributed by atoms with van der Waals surface area (Å²) in [7, 11) is 2.21. The van der Waals surface area contributed by atoms with Crippen LogP contribution in [0.3, 0.4) is 0 Å². The van der Waals surface area contributed by atoms with E-state index in [1.165, 1.54) is 12.0 Å². The molecule has 2 nitrogen and oxygen atoms in total. The Kier molecular flexibility index (Phi) is 7.01. The monoisotopic (exact) mass is 296 g/mol. The first-order valence-corrected chi connectivity index (χ1v) is 7.96. The first-order chi connectivity index (χ1) is 9.41. The second-order valence-electron chi connectivity index (χ2n) is 6.09. The Hall–Kier alpha value is -0.570. The molecule has 0 saturated heterocycles. The minimum atomic E-state index is 0.311. The highest BCUT2D eigenvalue weighted by Crippen LogP contribution is 2.27. The van der Waals surface area contributed by atoms with Crippen LogP contribution in [0.1, 0.15) is 45.7 Å². The fraction of sp³-hybridized carbons (Fsp3) is 0.647. The van der Waals surface area contributed by atoms with Crippen molar-refractivity contribution in [1.82, 2.24) is 10.2 Å². The van der Waals surface area contributed by atoms with E-state index in [-0.39, 0.29) is 0 Å². The van der Waals surface area contributed by atoms with Crippen LogP contribution < -0.4 is 5.32 Å². The summed E-state index contributed by atoms with van der Waals surface area (Å²) in [5, 5.41) is 4.29. The number of halogens is 1. The molecule has 0 heterocycles. The zero-order valence-electron chi connectivity index (χ0n) is 13.5. The lowest BCUT2D eigenvalue weighted by Gasteiger charge is -2.36. The van der Waals surface area contributed by atoms with Gasteiger partial charge in [-0.05, 0) is 50.0 Å². The largest absolute Gasteiger partial charge is 0.316 e. The Labute approximate surface area is 129 Å². The first kappa shape index (κ1) is 17.5. The molecule has 0 aromatic heterocycles. The molecule has 1 rings (SSSR count). The second-order valence-corrected chi connectivity index (χ2v) is 6.52. The average molecular weight is 297 g/mol. The van der Waals surface area contributed by atoms with Gasteiger partial charge in [0, 0.05) is 24.2 Å². The summed E-state index contributed by atoms with van der Waals surface area (Å²) in [4.78, 5) is 2.43. The number of nitrogens with zero attached hydrogens (tertiary/aromatic N) is 1. The molecule has 2 unspecified atom stereocenters. The van der Waals surface area contributed by atoms with Gasteiger partial charge in [0.05, 0.1) is 0 Å². The van der Waals surface area contributed by atoms with Crippen LogP contribution >= 0.6 is 11.6 Å². The molecule has 0 fully saturated rings. The number of hydrogen-bond donors (Lipinski definition) is 1. The van der Waals surface area contributed by atoms with Crippen LogP contribution in [0, 0.1) is 5.41 Å². The Morgan fingerprint density at radius 3 is 2.35 bits per heavy atom. The Balaban J connectivity index is 2.68. The fourth-order valence-corrected chi connectivity index (χ4v) is 2.58. The average Bonchev–Trinajstić information content (AvgIpc) is 2.45. The molecule has 0 aliphatic rings. The molecule has 0 amide bonds. The molecule has 0 bridgehead atoms. The maximum atomic E-state index is 5.96. The summed E-state index contributed by atoms with van der Waals surface area (Å²) in [5.74, 6) is 0. The van der Waals surface area contributed by atoms with Gasteiger partial charge >= 0.3 is 0 Å². The molecule has 3 heteroatoms. The van der Waals surface area contributed by atoms with Crippen LogP contribution in [0.4, 0.5) is 0 Å². The van der Waals surface area contributed by atoms with Crippen LogP contribution in [-0.2, 0) is 0 Å². The van der Waals surface area contributed by atoms with E-state index >= 15 is 0 Å². The van der Waals surface area contributed by atoms with E-state index in [1.807, 2.05) is 12.1 Å². The SMILES string of the molecule is CCNCC(C)(CC)CN(C)C(C)c1ccc(Cl)cc1. The lowest BCUT2D eigenvalue weighted by Crippen LogP contribution is -2.41. The molecule has 1 aromatic carbocycles. The molecule has 1 aromatic rings. The minimum Gasteiger partial charge on any atom is -0.316 e. The van der Waals surface area contributed by atoms with Gasteiger partial charge in [0.25, 0.3) is 0 Å². The van der Waals surface area contributed by atoms with Crippen molar-refractivity contribution in [2.24, 2.45) is 5.41 Å². The summed E-state index contributed by atoms with van der Waals surface area (Å²) in [5.41, 5.74) is 1.63. The lowest BCUT2D eigenvalue weighted by molar-refractivity contribution is 0.148. The van der Waals surface area contributed by atoms with Gasteiger partial charge in [-0.25, -0.2) is 0 Å². The predicted octanol–water partition coefficient (Wildman–Crippen LogP) is 4.36. The van der Waals surface area contributed by atoms with Gasteiger partial charge in [0.1, 0.15) is 0 Å². The molecule has 0 radical (unpaired) electrons. The van der Waals surface area contributed by atoms with E-state index in [2.05, 4.69) is 57.1 Å². The van der Waals surface area contributed by atoms with Crippen molar-refractivity contribution in [1.29, 1.82) is 0 Å². The topological polar surface area (TPSA) is 15.3 Å². The summed E-state index contributed by atoms with van der Waals surface area (Å²) in [6.07, 6.45) is 1.18. The van der Waals surface area contributed by atoms with E-state index in [0.717, 1.165) is 24.7 Å². The van der Waals surface area contributed by atoms with E-state index in [0.29, 0.717) is 11.5 Å². The van der Waals surface area contributed by atoms with Crippen molar-refractivity contribution in [2.45, 2.75) is 40.2 Å². The Morgan fingerprint density at radius 2 is 1.85 bits per heavy atom. The third kappa shape index (κ3) is 5.08. The van der Waals surface area contributed by atoms with Crippen molar-refractivity contribution in [3.8, 4) is 0 Å². The zero-order chi connectivity index (χ0) is 15.2. The number of rotatable bonds is 8. The van der Waals surface area contributed by atoms with Crippen molar-refractivity contribution in [3.05, 3.63) is 34.9 Å². The molecular weight excluding hydrogens is 268 g/mol. The van der Waals surface area contributed by atoms with Gasteiger partial charge < -0.3 is 5.32 Å². The molecule has 0 aliphatic carbocycles. The van der Waals surface area contributed by atoms with E-state index in [4.69, 9.17) is 11.6 Å². The molecule has 0 aliphatic heterocycles. The third-order valence-electron chi connectivity index (χ3n) is 4.30. The number of benzene rings is 1. The van der Waals surface area contributed by atoms with Gasteiger partial charge in [0.15, 0.2) is 0 Å². The highest BCUT2D eigenvalue weighted by Gasteiger charge is 2.25. The quantitative estimate of drug-likeness (QED) is 0.767. The highest BCUT2D eigenvalue weighted by atomic mass is 35.5. The molecule has 2 atom stereocenters. The third-order valence-corrected chi connectivity index (χ3v) is 4.55. The maximum Gasteiger partial charge on any atom is 0.0406 e. The first-order valence-electron chi connectivity index (χ1n) is 7.58. The van der Waals surface area contributed by atoms with Gasteiger partial charge in [-0.2, -0.15) is 0 Å². The number of nitrogens with one attached hydrogen (secondary N) is 1. The smallest absolute Gasteiger partial charge is 0.0406 e. The van der Waals surface area contributed by atoms with Crippen LogP contribution in [0.2, 0.25) is 5.02 Å². The zero-order valence-corrected chi connectivity index (χ0v) is 14.3. The van der Waals surface area contributed by atoms with Crippen LogP contribution in [0.5, 0.6) is 0 Å². The molecule has 0 saturated carbocycles. The van der Waals surface area contributed by atoms with Crippen molar-refractivity contribution in [3.63, 3.8) is 0 Å². The summed E-state index contributed by atoms with van der Waals surface area (Å²) in [6.45, 7) is 12.2. The highest BCUT2D eigenvalue weighted by molar-refractivity contribution is 6.30. The van der Waals surface area contributed by atoms with Crippen molar-refractivity contribution < 1.29 is 0 Å². The van der Waals surface area contributed by atoms with E-state index < -0.39 is 0 Å². The minimum absolute atomic E-state index is 0.311.